The highest BCUT2D eigenvalue weighted by atomic mass is 32.1. The maximum atomic E-state index is 4.88. The van der Waals surface area contributed by atoms with E-state index in [9.17, 15) is 0 Å². The number of aryl methyl sites for hydroxylation is 2. The van der Waals surface area contributed by atoms with E-state index < -0.39 is 0 Å². The third-order valence-corrected chi connectivity index (χ3v) is 5.46. The molecule has 0 spiro atoms. The highest BCUT2D eigenvalue weighted by Gasteiger charge is 2.37. The molecule has 0 unspecified atom stereocenters. The summed E-state index contributed by atoms with van der Waals surface area (Å²) < 4.78 is 0. The van der Waals surface area contributed by atoms with Crippen molar-refractivity contribution in [2.45, 2.75) is 58.4 Å². The first kappa shape index (κ1) is 13.0. The summed E-state index contributed by atoms with van der Waals surface area (Å²) in [6, 6.07) is 0. The molecule has 0 radical (unpaired) electrons. The Morgan fingerprint density at radius 2 is 2.06 bits per heavy atom. The van der Waals surface area contributed by atoms with Crippen LogP contribution < -0.4 is 5.32 Å². The van der Waals surface area contributed by atoms with Crippen LogP contribution in [-0.2, 0) is 12.0 Å². The number of hydrogen-bond acceptors (Lipinski definition) is 3. The molecule has 0 amide bonds. The van der Waals surface area contributed by atoms with Crippen LogP contribution in [0, 0.1) is 12.8 Å². The van der Waals surface area contributed by atoms with Crippen molar-refractivity contribution in [1.29, 1.82) is 0 Å². The minimum Gasteiger partial charge on any atom is -0.308 e. The maximum absolute atomic E-state index is 4.88. The van der Waals surface area contributed by atoms with Crippen molar-refractivity contribution in [3.05, 3.63) is 15.6 Å². The molecule has 1 N–H and O–H groups in total. The summed E-state index contributed by atoms with van der Waals surface area (Å²) in [7, 11) is 2.10. The lowest BCUT2D eigenvalue weighted by molar-refractivity contribution is 0.208. The Bertz CT molecular complexity index is 376. The van der Waals surface area contributed by atoms with Crippen molar-refractivity contribution in [2.75, 3.05) is 7.05 Å². The summed E-state index contributed by atoms with van der Waals surface area (Å²) in [5.74, 6) is 0.878. The van der Waals surface area contributed by atoms with Crippen LogP contribution in [0.3, 0.4) is 0 Å². The minimum absolute atomic E-state index is 0.162. The van der Waals surface area contributed by atoms with Crippen LogP contribution in [0.4, 0.5) is 0 Å². The van der Waals surface area contributed by atoms with E-state index in [1.165, 1.54) is 41.3 Å². The molecular weight excluding hydrogens is 228 g/mol. The smallest absolute Gasteiger partial charge is 0.113 e. The Morgan fingerprint density at radius 1 is 1.41 bits per heavy atom. The monoisotopic (exact) mass is 252 g/mol. The van der Waals surface area contributed by atoms with Gasteiger partial charge in [-0.1, -0.05) is 13.8 Å². The van der Waals surface area contributed by atoms with E-state index in [1.807, 2.05) is 11.3 Å². The van der Waals surface area contributed by atoms with Gasteiger partial charge in [-0.3, -0.25) is 0 Å². The van der Waals surface area contributed by atoms with Crippen LogP contribution in [0.2, 0.25) is 0 Å². The van der Waals surface area contributed by atoms with Gasteiger partial charge in [0.2, 0.25) is 0 Å². The van der Waals surface area contributed by atoms with Gasteiger partial charge in [0.05, 0.1) is 11.2 Å². The van der Waals surface area contributed by atoms with E-state index in [0.717, 1.165) is 12.3 Å². The predicted molar refractivity (Wildman–Crippen MR) is 74.6 cm³/mol. The van der Waals surface area contributed by atoms with E-state index in [-0.39, 0.29) is 5.54 Å². The topological polar surface area (TPSA) is 24.9 Å². The summed E-state index contributed by atoms with van der Waals surface area (Å²) in [6.45, 7) is 6.76. The van der Waals surface area contributed by atoms with E-state index in [2.05, 4.69) is 33.1 Å². The lowest BCUT2D eigenvalue weighted by Gasteiger charge is -2.37. The van der Waals surface area contributed by atoms with Gasteiger partial charge in [-0.2, -0.15) is 0 Å². The van der Waals surface area contributed by atoms with E-state index in [4.69, 9.17) is 4.98 Å². The Labute approximate surface area is 109 Å². The number of aromatic nitrogens is 1. The van der Waals surface area contributed by atoms with Crippen molar-refractivity contribution in [3.63, 3.8) is 0 Å². The van der Waals surface area contributed by atoms with Crippen LogP contribution in [0.1, 0.15) is 55.1 Å². The van der Waals surface area contributed by atoms with Crippen molar-refractivity contribution in [1.82, 2.24) is 10.3 Å². The van der Waals surface area contributed by atoms with E-state index >= 15 is 0 Å². The second kappa shape index (κ2) is 5.07. The SMILES string of the molecule is CCc1nc(C2(NC)CCC(C)CC2)sc1C. The third-order valence-electron chi connectivity index (χ3n) is 4.24. The molecule has 1 aromatic rings. The van der Waals surface area contributed by atoms with Gasteiger partial charge in [-0.25, -0.2) is 4.98 Å². The molecule has 0 bridgehead atoms. The summed E-state index contributed by atoms with van der Waals surface area (Å²) in [4.78, 5) is 6.27. The third kappa shape index (κ3) is 2.41. The van der Waals surface area contributed by atoms with Gasteiger partial charge in [-0.05, 0) is 52.0 Å². The summed E-state index contributed by atoms with van der Waals surface area (Å²) in [6.07, 6.45) is 6.17. The van der Waals surface area contributed by atoms with Gasteiger partial charge < -0.3 is 5.32 Å². The minimum atomic E-state index is 0.162. The van der Waals surface area contributed by atoms with Crippen molar-refractivity contribution in [3.8, 4) is 0 Å². The van der Waals surface area contributed by atoms with Crippen LogP contribution >= 0.6 is 11.3 Å². The summed E-state index contributed by atoms with van der Waals surface area (Å²) in [5.41, 5.74) is 1.45. The van der Waals surface area contributed by atoms with Gasteiger partial charge in [0.1, 0.15) is 5.01 Å². The second-order valence-electron chi connectivity index (χ2n) is 5.39. The molecule has 0 saturated heterocycles. The molecule has 1 aromatic heterocycles. The fourth-order valence-electron chi connectivity index (χ4n) is 2.79. The molecule has 2 rings (SSSR count). The number of thiazole rings is 1. The molecule has 1 aliphatic rings. The van der Waals surface area contributed by atoms with Crippen LogP contribution in [0.15, 0.2) is 0 Å². The van der Waals surface area contributed by atoms with Crippen molar-refractivity contribution in [2.24, 2.45) is 5.92 Å². The van der Waals surface area contributed by atoms with Gasteiger partial charge in [0.25, 0.3) is 0 Å². The molecule has 0 atom stereocenters. The largest absolute Gasteiger partial charge is 0.308 e. The Kier molecular flexibility index (Phi) is 3.88. The molecule has 1 heterocycles. The molecule has 1 saturated carbocycles. The maximum Gasteiger partial charge on any atom is 0.113 e. The number of hydrogen-bond donors (Lipinski definition) is 1. The van der Waals surface area contributed by atoms with Crippen molar-refractivity contribution >= 4 is 11.3 Å². The molecule has 0 aromatic carbocycles. The molecule has 1 fully saturated rings. The van der Waals surface area contributed by atoms with Crippen LogP contribution in [-0.4, -0.2) is 12.0 Å². The quantitative estimate of drug-likeness (QED) is 0.888. The first-order chi connectivity index (χ1) is 8.11. The second-order valence-corrected chi connectivity index (χ2v) is 6.59. The molecule has 3 heteroatoms. The van der Waals surface area contributed by atoms with Crippen LogP contribution in [0.25, 0.3) is 0 Å². The summed E-state index contributed by atoms with van der Waals surface area (Å²) >= 11 is 1.90. The number of nitrogens with one attached hydrogen (secondary N) is 1. The first-order valence-electron chi connectivity index (χ1n) is 6.77. The van der Waals surface area contributed by atoms with Crippen molar-refractivity contribution < 1.29 is 0 Å². The normalized spacial score (nSPS) is 29.5. The molecule has 0 aliphatic heterocycles. The highest BCUT2D eigenvalue weighted by Crippen LogP contribution is 2.41. The summed E-state index contributed by atoms with van der Waals surface area (Å²) in [5, 5.41) is 4.89. The molecule has 1 aliphatic carbocycles. The highest BCUT2D eigenvalue weighted by molar-refractivity contribution is 7.11. The fraction of sp³-hybridized carbons (Fsp3) is 0.786. The number of nitrogens with zero attached hydrogens (tertiary/aromatic N) is 1. The average molecular weight is 252 g/mol. The van der Waals surface area contributed by atoms with E-state index in [0.29, 0.717) is 0 Å². The van der Waals surface area contributed by atoms with Gasteiger partial charge >= 0.3 is 0 Å². The molecule has 96 valence electrons. The van der Waals surface area contributed by atoms with E-state index in [1.54, 1.807) is 0 Å². The zero-order valence-electron chi connectivity index (χ0n) is 11.5. The Hall–Kier alpha value is -0.410. The predicted octanol–water partition coefficient (Wildman–Crippen LogP) is 3.64. The molecule has 2 nitrogen and oxygen atoms in total. The standard InChI is InChI=1S/C14H24N2S/c1-5-12-11(3)17-13(16-12)14(15-4)8-6-10(2)7-9-14/h10,15H,5-9H2,1-4H3. The lowest BCUT2D eigenvalue weighted by atomic mass is 9.77. The first-order valence-corrected chi connectivity index (χ1v) is 7.58. The Morgan fingerprint density at radius 3 is 2.53 bits per heavy atom. The average Bonchev–Trinajstić information content (AvgIpc) is 2.72. The fourth-order valence-corrected chi connectivity index (χ4v) is 4.04. The molecule has 17 heavy (non-hydrogen) atoms. The molecular formula is C14H24N2S. The number of rotatable bonds is 3. The van der Waals surface area contributed by atoms with Crippen LogP contribution in [0.5, 0.6) is 0 Å². The van der Waals surface area contributed by atoms with Gasteiger partial charge in [-0.15, -0.1) is 11.3 Å². The zero-order chi connectivity index (χ0) is 12.5. The van der Waals surface area contributed by atoms with Gasteiger partial charge in [0, 0.05) is 4.88 Å². The Balaban J connectivity index is 2.27. The lowest BCUT2D eigenvalue weighted by Crippen LogP contribution is -2.42. The zero-order valence-corrected chi connectivity index (χ0v) is 12.3. The van der Waals surface area contributed by atoms with Gasteiger partial charge in [0.15, 0.2) is 0 Å².